The molecule has 21 heavy (non-hydrogen) atoms. The zero-order valence-corrected chi connectivity index (χ0v) is 14.1. The molecule has 0 aliphatic carbocycles. The van der Waals surface area contributed by atoms with Gasteiger partial charge in [0, 0.05) is 44.7 Å². The molecule has 0 atom stereocenters. The van der Waals surface area contributed by atoms with E-state index in [1.54, 1.807) is 0 Å². The first kappa shape index (κ1) is 16.5. The van der Waals surface area contributed by atoms with Crippen LogP contribution in [0.2, 0.25) is 5.15 Å². The van der Waals surface area contributed by atoms with Crippen LogP contribution in [0.25, 0.3) is 0 Å². The molecule has 6 heteroatoms. The number of piperazine rings is 1. The van der Waals surface area contributed by atoms with E-state index in [4.69, 9.17) is 11.6 Å². The smallest absolute Gasteiger partial charge is 0.135 e. The molecule has 0 spiro atoms. The predicted octanol–water partition coefficient (Wildman–Crippen LogP) is 2.15. The Morgan fingerprint density at radius 3 is 2.38 bits per heavy atom. The maximum absolute atomic E-state index is 9.89. The van der Waals surface area contributed by atoms with Gasteiger partial charge in [0.25, 0.3) is 0 Å². The number of nitrogens with zero attached hydrogens (tertiary/aromatic N) is 4. The maximum Gasteiger partial charge on any atom is 0.135 e. The number of aromatic nitrogens is 2. The molecule has 1 aliphatic heterocycles. The Kier molecular flexibility index (Phi) is 5.07. The third kappa shape index (κ3) is 4.80. The monoisotopic (exact) mass is 312 g/mol. The molecule has 0 radical (unpaired) electrons. The highest BCUT2D eigenvalue weighted by Crippen LogP contribution is 2.21. The van der Waals surface area contributed by atoms with Gasteiger partial charge in [-0.1, -0.05) is 25.4 Å². The topological polar surface area (TPSA) is 52.5 Å². The molecule has 1 aromatic heterocycles. The fraction of sp³-hybridized carbons (Fsp3) is 0.733. The molecule has 1 saturated heterocycles. The summed E-state index contributed by atoms with van der Waals surface area (Å²) in [5.41, 5.74) is -0.648. The number of β-amino-alcohol motifs (C(OH)–C–C–N with tert-alkyl or cyclic N) is 1. The number of hydrogen-bond donors (Lipinski definition) is 1. The largest absolute Gasteiger partial charge is 0.389 e. The van der Waals surface area contributed by atoms with Crippen molar-refractivity contribution in [3.05, 3.63) is 17.0 Å². The molecule has 0 bridgehead atoms. The van der Waals surface area contributed by atoms with E-state index >= 15 is 0 Å². The Labute approximate surface area is 131 Å². The van der Waals surface area contributed by atoms with Gasteiger partial charge in [0.1, 0.15) is 16.8 Å². The average Bonchev–Trinajstić information content (AvgIpc) is 2.37. The molecule has 118 valence electrons. The zero-order chi connectivity index (χ0) is 15.6. The second-order valence-corrected chi connectivity index (χ2v) is 7.02. The summed E-state index contributed by atoms with van der Waals surface area (Å²) in [6.45, 7) is 12.1. The lowest BCUT2D eigenvalue weighted by atomic mass is 10.1. The van der Waals surface area contributed by atoms with Crippen molar-refractivity contribution < 1.29 is 5.11 Å². The average molecular weight is 313 g/mol. The zero-order valence-electron chi connectivity index (χ0n) is 13.3. The van der Waals surface area contributed by atoms with Crippen LogP contribution in [0.4, 0.5) is 5.82 Å². The molecule has 1 fully saturated rings. The van der Waals surface area contributed by atoms with Crippen molar-refractivity contribution in [3.63, 3.8) is 0 Å². The van der Waals surface area contributed by atoms with E-state index in [0.29, 0.717) is 11.7 Å². The van der Waals surface area contributed by atoms with Gasteiger partial charge in [-0.25, -0.2) is 9.97 Å². The highest BCUT2D eigenvalue weighted by Gasteiger charge is 2.23. The Bertz CT molecular complexity index is 479. The summed E-state index contributed by atoms with van der Waals surface area (Å²) < 4.78 is 0. The van der Waals surface area contributed by atoms with Crippen molar-refractivity contribution in [1.29, 1.82) is 0 Å². The molecule has 0 unspecified atom stereocenters. The molecule has 5 nitrogen and oxygen atoms in total. The van der Waals surface area contributed by atoms with Crippen LogP contribution >= 0.6 is 11.6 Å². The molecule has 0 amide bonds. The molecular formula is C15H25ClN4O. The van der Waals surface area contributed by atoms with Crippen molar-refractivity contribution in [3.8, 4) is 0 Å². The van der Waals surface area contributed by atoms with Crippen molar-refractivity contribution in [1.82, 2.24) is 14.9 Å². The normalized spacial score (nSPS) is 17.6. The first-order valence-corrected chi connectivity index (χ1v) is 7.86. The minimum absolute atomic E-state index is 0.263. The van der Waals surface area contributed by atoms with Crippen molar-refractivity contribution in [2.75, 3.05) is 37.6 Å². The fourth-order valence-corrected chi connectivity index (χ4v) is 2.71. The molecule has 0 aromatic carbocycles. The van der Waals surface area contributed by atoms with E-state index in [0.717, 1.165) is 37.8 Å². The van der Waals surface area contributed by atoms with E-state index in [1.807, 2.05) is 19.9 Å². The summed E-state index contributed by atoms with van der Waals surface area (Å²) in [7, 11) is 0. The number of halogens is 1. The van der Waals surface area contributed by atoms with Crippen LogP contribution in [-0.2, 0) is 0 Å². The van der Waals surface area contributed by atoms with Crippen molar-refractivity contribution in [2.45, 2.75) is 39.2 Å². The van der Waals surface area contributed by atoms with Crippen molar-refractivity contribution in [2.24, 2.45) is 0 Å². The Morgan fingerprint density at radius 1 is 1.24 bits per heavy atom. The second kappa shape index (κ2) is 6.46. The lowest BCUT2D eigenvalue weighted by Crippen LogP contribution is -2.50. The van der Waals surface area contributed by atoms with E-state index < -0.39 is 5.60 Å². The highest BCUT2D eigenvalue weighted by molar-refractivity contribution is 6.29. The van der Waals surface area contributed by atoms with Gasteiger partial charge in [0.2, 0.25) is 0 Å². The molecular weight excluding hydrogens is 288 g/mol. The molecule has 1 aliphatic rings. The van der Waals surface area contributed by atoms with Crippen LogP contribution in [0, 0.1) is 0 Å². The van der Waals surface area contributed by atoms with E-state index in [2.05, 4.69) is 33.6 Å². The molecule has 2 heterocycles. The SMILES string of the molecule is CC(C)c1nc(Cl)cc(N2CCN(CC(C)(C)O)CC2)n1. The molecule has 0 saturated carbocycles. The minimum Gasteiger partial charge on any atom is -0.389 e. The summed E-state index contributed by atoms with van der Waals surface area (Å²) in [5.74, 6) is 1.96. The second-order valence-electron chi connectivity index (χ2n) is 6.64. The third-order valence-corrected chi connectivity index (χ3v) is 3.72. The summed E-state index contributed by atoms with van der Waals surface area (Å²) in [6, 6.07) is 1.83. The van der Waals surface area contributed by atoms with Crippen LogP contribution in [0.1, 0.15) is 39.4 Å². The summed E-state index contributed by atoms with van der Waals surface area (Å²) in [4.78, 5) is 13.4. The Balaban J connectivity index is 2.02. The molecule has 1 N–H and O–H groups in total. The molecule has 2 rings (SSSR count). The fourth-order valence-electron chi connectivity index (χ4n) is 2.53. The van der Waals surface area contributed by atoms with Crippen LogP contribution in [0.15, 0.2) is 6.07 Å². The van der Waals surface area contributed by atoms with Crippen LogP contribution in [-0.4, -0.2) is 58.3 Å². The minimum atomic E-state index is -0.648. The maximum atomic E-state index is 9.89. The number of aliphatic hydroxyl groups is 1. The van der Waals surface area contributed by atoms with Gasteiger partial charge in [0.15, 0.2) is 0 Å². The van der Waals surface area contributed by atoms with Gasteiger partial charge in [-0.3, -0.25) is 4.90 Å². The van der Waals surface area contributed by atoms with Crippen molar-refractivity contribution >= 4 is 17.4 Å². The van der Waals surface area contributed by atoms with Gasteiger partial charge < -0.3 is 10.0 Å². The number of anilines is 1. The van der Waals surface area contributed by atoms with Crippen LogP contribution in [0.5, 0.6) is 0 Å². The third-order valence-electron chi connectivity index (χ3n) is 3.52. The quantitative estimate of drug-likeness (QED) is 0.863. The Morgan fingerprint density at radius 2 is 1.86 bits per heavy atom. The van der Waals surface area contributed by atoms with E-state index in [-0.39, 0.29) is 5.92 Å². The van der Waals surface area contributed by atoms with Gasteiger partial charge in [-0.15, -0.1) is 0 Å². The predicted molar refractivity (Wildman–Crippen MR) is 86.1 cm³/mol. The first-order chi connectivity index (χ1) is 9.74. The lowest BCUT2D eigenvalue weighted by molar-refractivity contribution is 0.0344. The molecule has 1 aromatic rings. The highest BCUT2D eigenvalue weighted by atomic mass is 35.5. The Hall–Kier alpha value is -0.910. The summed E-state index contributed by atoms with van der Waals surface area (Å²) in [6.07, 6.45) is 0. The number of hydrogen-bond acceptors (Lipinski definition) is 5. The lowest BCUT2D eigenvalue weighted by Gasteiger charge is -2.37. The van der Waals surface area contributed by atoms with Crippen LogP contribution < -0.4 is 4.90 Å². The van der Waals surface area contributed by atoms with E-state index in [9.17, 15) is 5.11 Å². The van der Waals surface area contributed by atoms with Crippen LogP contribution in [0.3, 0.4) is 0 Å². The van der Waals surface area contributed by atoms with Gasteiger partial charge in [-0.2, -0.15) is 0 Å². The van der Waals surface area contributed by atoms with Gasteiger partial charge in [0.05, 0.1) is 5.60 Å². The van der Waals surface area contributed by atoms with E-state index in [1.165, 1.54) is 0 Å². The summed E-state index contributed by atoms with van der Waals surface area (Å²) >= 11 is 6.11. The summed E-state index contributed by atoms with van der Waals surface area (Å²) in [5, 5.41) is 10.4. The van der Waals surface area contributed by atoms with Gasteiger partial charge >= 0.3 is 0 Å². The first-order valence-electron chi connectivity index (χ1n) is 7.49. The number of rotatable bonds is 4. The van der Waals surface area contributed by atoms with Gasteiger partial charge in [-0.05, 0) is 13.8 Å². The standard InChI is InChI=1S/C15H25ClN4O/c1-11(2)14-17-12(16)9-13(18-14)20-7-5-19(6-8-20)10-15(3,4)21/h9,11,21H,5-8,10H2,1-4H3.